The maximum absolute atomic E-state index is 13.1. The lowest BCUT2D eigenvalue weighted by molar-refractivity contribution is -0.161. The van der Waals surface area contributed by atoms with Gasteiger partial charge in [0, 0.05) is 25.7 Å². The molecule has 0 aromatic carbocycles. The van der Waals surface area contributed by atoms with Crippen molar-refractivity contribution < 1.29 is 80.2 Å². The summed E-state index contributed by atoms with van der Waals surface area (Å²) >= 11 is 0. The van der Waals surface area contributed by atoms with E-state index in [4.69, 9.17) is 37.0 Å². The number of aliphatic hydroxyl groups is 1. The first-order chi connectivity index (χ1) is 47.2. The van der Waals surface area contributed by atoms with Gasteiger partial charge in [-0.15, -0.1) is 0 Å². The van der Waals surface area contributed by atoms with Gasteiger partial charge in [0.05, 0.1) is 26.4 Å². The lowest BCUT2D eigenvalue weighted by Crippen LogP contribution is -2.30. The summed E-state index contributed by atoms with van der Waals surface area (Å²) in [6, 6.07) is 0. The summed E-state index contributed by atoms with van der Waals surface area (Å²) < 4.78 is 68.6. The van der Waals surface area contributed by atoms with Gasteiger partial charge in [-0.3, -0.25) is 37.3 Å². The van der Waals surface area contributed by atoms with Crippen LogP contribution in [0.4, 0.5) is 0 Å². The van der Waals surface area contributed by atoms with Crippen LogP contribution in [0.5, 0.6) is 0 Å². The molecule has 0 saturated heterocycles. The standard InChI is InChI=1S/C79H154O17P2/c1-9-71(7)57-49-41-33-24-20-16-12-14-18-22-26-37-45-53-61-78(83)95-74(65-89-76(81)59-51-43-35-25-21-17-13-11-15-19-23-31-39-47-55-69(3)4)67-93-97(85,86)91-63-73(80)64-92-98(87,88)94-68-75(66-90-77(82)60-52-44-36-29-27-32-40-48-56-70(5)6)96-79(84)62-54-46-38-30-28-34-42-50-58-72(8)10-2/h69-75,80H,9-68H2,1-8H3,(H,85,86)(H,87,88)/t71?,72?,73?,74-,75-/m1/s1. The van der Waals surface area contributed by atoms with E-state index in [0.717, 1.165) is 114 Å². The molecule has 0 aliphatic carbocycles. The molecule has 98 heavy (non-hydrogen) atoms. The van der Waals surface area contributed by atoms with Gasteiger partial charge in [0.2, 0.25) is 0 Å². The minimum atomic E-state index is -4.96. The highest BCUT2D eigenvalue weighted by atomic mass is 31.2. The van der Waals surface area contributed by atoms with Crippen LogP contribution in [-0.2, 0) is 65.4 Å². The number of carbonyl (C=O) groups excluding carboxylic acids is 4. The largest absolute Gasteiger partial charge is 0.472 e. The molecule has 5 unspecified atom stereocenters. The number of ether oxygens (including phenoxy) is 4. The fraction of sp³-hybridized carbons (Fsp3) is 0.949. The fourth-order valence-corrected chi connectivity index (χ4v) is 13.6. The van der Waals surface area contributed by atoms with Crippen molar-refractivity contribution in [3.05, 3.63) is 0 Å². The molecule has 0 aromatic rings. The van der Waals surface area contributed by atoms with Crippen LogP contribution in [-0.4, -0.2) is 96.7 Å². The van der Waals surface area contributed by atoms with Crippen molar-refractivity contribution in [1.29, 1.82) is 0 Å². The summed E-state index contributed by atoms with van der Waals surface area (Å²) in [5, 5.41) is 10.6. The van der Waals surface area contributed by atoms with Gasteiger partial charge in [-0.25, -0.2) is 9.13 Å². The van der Waals surface area contributed by atoms with E-state index in [0.29, 0.717) is 25.7 Å². The summed E-state index contributed by atoms with van der Waals surface area (Å²) in [6.45, 7) is 14.3. The van der Waals surface area contributed by atoms with Gasteiger partial charge in [-0.05, 0) is 49.4 Å². The Morgan fingerprint density at radius 1 is 0.286 bits per heavy atom. The van der Waals surface area contributed by atoms with E-state index in [1.165, 1.54) is 205 Å². The topological polar surface area (TPSA) is 237 Å². The summed E-state index contributed by atoms with van der Waals surface area (Å²) in [5.41, 5.74) is 0. The Kier molecular flexibility index (Phi) is 66.8. The van der Waals surface area contributed by atoms with Crippen LogP contribution < -0.4 is 0 Å². The van der Waals surface area contributed by atoms with Crippen LogP contribution in [0.2, 0.25) is 0 Å². The van der Waals surface area contributed by atoms with Crippen LogP contribution in [0, 0.1) is 23.7 Å². The Hall–Kier alpha value is -1.94. The lowest BCUT2D eigenvalue weighted by Gasteiger charge is -2.21. The molecule has 582 valence electrons. The molecule has 17 nitrogen and oxygen atoms in total. The Labute approximate surface area is 600 Å². The van der Waals surface area contributed by atoms with Gasteiger partial charge < -0.3 is 33.8 Å². The molecule has 0 spiro atoms. The van der Waals surface area contributed by atoms with Crippen molar-refractivity contribution in [2.75, 3.05) is 39.6 Å². The number of hydrogen-bond donors (Lipinski definition) is 3. The monoisotopic (exact) mass is 1440 g/mol. The summed E-state index contributed by atoms with van der Waals surface area (Å²) in [4.78, 5) is 72.9. The van der Waals surface area contributed by atoms with Crippen LogP contribution in [0.1, 0.15) is 402 Å². The number of phosphoric acid groups is 2. The van der Waals surface area contributed by atoms with E-state index in [9.17, 15) is 43.2 Å². The highest BCUT2D eigenvalue weighted by molar-refractivity contribution is 7.47. The first-order valence-electron chi connectivity index (χ1n) is 40.8. The maximum atomic E-state index is 13.1. The average molecular weight is 1440 g/mol. The second-order valence-electron chi connectivity index (χ2n) is 29.9. The molecule has 0 aromatic heterocycles. The SMILES string of the molecule is CCC(C)CCCCCCCCCCCCCCCCC(=O)O[C@H](COC(=O)CCCCCCCCCCCCCCCCC(C)C)COP(=O)(O)OCC(O)COP(=O)(O)OC[C@@H](COC(=O)CCCCCCCCCCC(C)C)OC(=O)CCCCCCCCCCC(C)CC. The van der Waals surface area contributed by atoms with E-state index in [-0.39, 0.29) is 25.7 Å². The van der Waals surface area contributed by atoms with Crippen LogP contribution in [0.25, 0.3) is 0 Å². The third kappa shape index (κ3) is 69.8. The van der Waals surface area contributed by atoms with Crippen molar-refractivity contribution >= 4 is 39.5 Å². The molecule has 0 heterocycles. The van der Waals surface area contributed by atoms with Crippen molar-refractivity contribution in [2.45, 2.75) is 420 Å². The Bertz CT molecular complexity index is 1920. The minimum Gasteiger partial charge on any atom is -0.462 e. The van der Waals surface area contributed by atoms with E-state index in [1.807, 2.05) is 0 Å². The van der Waals surface area contributed by atoms with Crippen molar-refractivity contribution in [1.82, 2.24) is 0 Å². The molecule has 0 fully saturated rings. The number of rotatable bonds is 76. The number of hydrogen-bond acceptors (Lipinski definition) is 15. The van der Waals surface area contributed by atoms with E-state index < -0.39 is 97.5 Å². The zero-order valence-electron chi connectivity index (χ0n) is 64.4. The van der Waals surface area contributed by atoms with Crippen LogP contribution in [0.3, 0.4) is 0 Å². The quantitative estimate of drug-likeness (QED) is 0.0222. The van der Waals surface area contributed by atoms with E-state index >= 15 is 0 Å². The van der Waals surface area contributed by atoms with Gasteiger partial charge in [0.25, 0.3) is 0 Å². The summed E-state index contributed by atoms with van der Waals surface area (Å²) in [6.07, 6.45) is 54.0. The Balaban J connectivity index is 5.26. The summed E-state index contributed by atoms with van der Waals surface area (Å²) in [5.74, 6) is 1.02. The molecule has 7 atom stereocenters. The molecule has 0 aliphatic heterocycles. The van der Waals surface area contributed by atoms with Gasteiger partial charge in [-0.2, -0.15) is 0 Å². The van der Waals surface area contributed by atoms with Crippen molar-refractivity contribution in [3.63, 3.8) is 0 Å². The lowest BCUT2D eigenvalue weighted by atomic mass is 9.99. The Morgan fingerprint density at radius 2 is 0.490 bits per heavy atom. The summed E-state index contributed by atoms with van der Waals surface area (Å²) in [7, 11) is -9.92. The zero-order valence-corrected chi connectivity index (χ0v) is 66.2. The molecule has 3 N–H and O–H groups in total. The maximum Gasteiger partial charge on any atom is 0.472 e. The van der Waals surface area contributed by atoms with Crippen molar-refractivity contribution in [2.24, 2.45) is 23.7 Å². The fourth-order valence-electron chi connectivity index (χ4n) is 12.0. The smallest absolute Gasteiger partial charge is 0.462 e. The molecule has 0 aliphatic rings. The zero-order chi connectivity index (χ0) is 72.4. The third-order valence-electron chi connectivity index (χ3n) is 19.0. The molecular formula is C79H154O17P2. The molecule has 19 heteroatoms. The number of aliphatic hydroxyl groups excluding tert-OH is 1. The second kappa shape index (κ2) is 68.2. The molecule has 0 saturated carbocycles. The van der Waals surface area contributed by atoms with Crippen molar-refractivity contribution in [3.8, 4) is 0 Å². The van der Waals surface area contributed by atoms with Gasteiger partial charge in [0.1, 0.15) is 19.3 Å². The Morgan fingerprint density at radius 3 is 0.724 bits per heavy atom. The predicted molar refractivity (Wildman–Crippen MR) is 400 cm³/mol. The normalized spacial score (nSPS) is 14.6. The minimum absolute atomic E-state index is 0.104. The number of carbonyl (C=O) groups is 4. The molecule has 0 amide bonds. The second-order valence-corrected chi connectivity index (χ2v) is 32.8. The predicted octanol–water partition coefficient (Wildman–Crippen LogP) is 23.2. The first-order valence-corrected chi connectivity index (χ1v) is 43.8. The van der Waals surface area contributed by atoms with E-state index in [2.05, 4.69) is 55.4 Å². The van der Waals surface area contributed by atoms with Crippen LogP contribution in [0.15, 0.2) is 0 Å². The number of unbranched alkanes of at least 4 members (excludes halogenated alkanes) is 40. The van der Waals surface area contributed by atoms with Crippen LogP contribution >= 0.6 is 15.6 Å². The molecular weight excluding hydrogens is 1280 g/mol. The number of phosphoric ester groups is 2. The highest BCUT2D eigenvalue weighted by Crippen LogP contribution is 2.45. The van der Waals surface area contributed by atoms with Gasteiger partial charge in [0.15, 0.2) is 12.2 Å². The highest BCUT2D eigenvalue weighted by Gasteiger charge is 2.30. The number of esters is 4. The van der Waals surface area contributed by atoms with E-state index in [1.54, 1.807) is 0 Å². The molecule has 0 radical (unpaired) electrons. The molecule has 0 rings (SSSR count). The van der Waals surface area contributed by atoms with Gasteiger partial charge in [-0.1, -0.05) is 351 Å². The van der Waals surface area contributed by atoms with Gasteiger partial charge >= 0.3 is 39.5 Å². The average Bonchev–Trinajstić information content (AvgIpc) is 1.71. The first kappa shape index (κ1) is 96.1. The molecule has 0 bridgehead atoms. The third-order valence-corrected chi connectivity index (χ3v) is 20.9.